The lowest BCUT2D eigenvalue weighted by molar-refractivity contribution is -0.384. The predicted octanol–water partition coefficient (Wildman–Crippen LogP) is 2.94. The zero-order valence-corrected chi connectivity index (χ0v) is 9.86. The fourth-order valence-electron chi connectivity index (χ4n) is 1.25. The number of ketones is 1. The van der Waals surface area contributed by atoms with Crippen LogP contribution in [0.15, 0.2) is 29.8 Å². The Kier molecular flexibility index (Phi) is 3.16. The number of benzene rings is 1. The van der Waals surface area contributed by atoms with Gasteiger partial charge in [0.1, 0.15) is 5.02 Å². The molecule has 1 aromatic carbocycles. The lowest BCUT2D eigenvalue weighted by Crippen LogP contribution is -2.01. The summed E-state index contributed by atoms with van der Waals surface area (Å²) in [6.07, 6.45) is 1.50. The topological polar surface area (TPSA) is 73.1 Å². The molecule has 2 aromatic rings. The highest BCUT2D eigenvalue weighted by Crippen LogP contribution is 2.26. The summed E-state index contributed by atoms with van der Waals surface area (Å²) in [6.45, 7) is 0. The highest BCUT2D eigenvalue weighted by Gasteiger charge is 2.18. The van der Waals surface area contributed by atoms with Gasteiger partial charge in [-0.1, -0.05) is 11.6 Å². The Hall–Kier alpha value is -1.79. The SMILES string of the molecule is O=C(c1ccc(Cl)c([N+](=O)[O-])c1)c1nccs1. The summed E-state index contributed by atoms with van der Waals surface area (Å²) in [4.78, 5) is 25.8. The van der Waals surface area contributed by atoms with Crippen molar-refractivity contribution < 1.29 is 9.72 Å². The van der Waals surface area contributed by atoms with Gasteiger partial charge in [-0.05, 0) is 12.1 Å². The Morgan fingerprint density at radius 2 is 2.24 bits per heavy atom. The van der Waals surface area contributed by atoms with E-state index >= 15 is 0 Å². The molecular formula is C10H5ClN2O3S. The minimum absolute atomic E-state index is 0.00527. The normalized spacial score (nSPS) is 10.2. The molecule has 0 fully saturated rings. The van der Waals surface area contributed by atoms with Gasteiger partial charge < -0.3 is 0 Å². The summed E-state index contributed by atoms with van der Waals surface area (Å²) in [6, 6.07) is 3.94. The van der Waals surface area contributed by atoms with Gasteiger partial charge in [-0.3, -0.25) is 14.9 Å². The molecule has 0 saturated carbocycles. The van der Waals surface area contributed by atoms with Crippen molar-refractivity contribution in [3.63, 3.8) is 0 Å². The molecule has 0 aliphatic carbocycles. The van der Waals surface area contributed by atoms with Crippen molar-refractivity contribution in [3.8, 4) is 0 Å². The van der Waals surface area contributed by atoms with E-state index in [1.54, 1.807) is 5.38 Å². The largest absolute Gasteiger partial charge is 0.288 e. The van der Waals surface area contributed by atoms with E-state index in [0.29, 0.717) is 5.01 Å². The average Bonchev–Trinajstić information content (AvgIpc) is 2.81. The molecule has 0 radical (unpaired) electrons. The van der Waals surface area contributed by atoms with Crippen LogP contribution in [0, 0.1) is 10.1 Å². The second kappa shape index (κ2) is 4.60. The van der Waals surface area contributed by atoms with Crippen LogP contribution in [0.25, 0.3) is 0 Å². The second-order valence-corrected chi connectivity index (χ2v) is 4.39. The van der Waals surface area contributed by atoms with Gasteiger partial charge in [0.2, 0.25) is 5.78 Å². The number of halogens is 1. The molecule has 86 valence electrons. The number of nitro groups is 1. The molecule has 17 heavy (non-hydrogen) atoms. The van der Waals surface area contributed by atoms with Gasteiger partial charge in [-0.15, -0.1) is 11.3 Å². The molecule has 0 saturated heterocycles. The standard InChI is InChI=1S/C10H5ClN2O3S/c11-7-2-1-6(5-8(7)13(15)16)9(14)10-12-3-4-17-10/h1-5H. The van der Waals surface area contributed by atoms with Crippen molar-refractivity contribution in [1.29, 1.82) is 0 Å². The monoisotopic (exact) mass is 268 g/mol. The van der Waals surface area contributed by atoms with Crippen molar-refractivity contribution in [3.05, 3.63) is 55.5 Å². The summed E-state index contributed by atoms with van der Waals surface area (Å²) >= 11 is 6.84. The summed E-state index contributed by atoms with van der Waals surface area (Å²) in [5.74, 6) is -0.347. The summed E-state index contributed by atoms with van der Waals surface area (Å²) in [5.41, 5.74) is -0.0786. The van der Waals surface area contributed by atoms with E-state index in [-0.39, 0.29) is 22.1 Å². The molecule has 0 N–H and O–H groups in total. The molecular weight excluding hydrogens is 264 g/mol. The molecule has 1 aromatic heterocycles. The first-order chi connectivity index (χ1) is 8.09. The minimum atomic E-state index is -0.624. The van der Waals surface area contributed by atoms with Crippen LogP contribution in [0.2, 0.25) is 5.02 Å². The maximum absolute atomic E-state index is 11.9. The van der Waals surface area contributed by atoms with Crippen LogP contribution < -0.4 is 0 Å². The quantitative estimate of drug-likeness (QED) is 0.487. The Morgan fingerprint density at radius 1 is 1.47 bits per heavy atom. The van der Waals surface area contributed by atoms with Crippen LogP contribution in [0.3, 0.4) is 0 Å². The van der Waals surface area contributed by atoms with Crippen LogP contribution in [-0.4, -0.2) is 15.7 Å². The van der Waals surface area contributed by atoms with Gasteiger partial charge in [0.05, 0.1) is 4.92 Å². The molecule has 7 heteroatoms. The van der Waals surface area contributed by atoms with E-state index in [2.05, 4.69) is 4.98 Å². The van der Waals surface area contributed by atoms with Crippen molar-refractivity contribution in [2.24, 2.45) is 0 Å². The Bertz CT molecular complexity index is 583. The van der Waals surface area contributed by atoms with Crippen LogP contribution in [-0.2, 0) is 0 Å². The van der Waals surface area contributed by atoms with Crippen LogP contribution >= 0.6 is 22.9 Å². The molecule has 2 rings (SSSR count). The van der Waals surface area contributed by atoms with E-state index < -0.39 is 4.92 Å². The molecule has 0 bridgehead atoms. The van der Waals surface area contributed by atoms with Gasteiger partial charge in [0.25, 0.3) is 5.69 Å². The average molecular weight is 269 g/mol. The highest BCUT2D eigenvalue weighted by molar-refractivity contribution is 7.11. The van der Waals surface area contributed by atoms with Crippen LogP contribution in [0.4, 0.5) is 5.69 Å². The van der Waals surface area contributed by atoms with Gasteiger partial charge in [0.15, 0.2) is 5.01 Å². The number of hydrogen-bond acceptors (Lipinski definition) is 5. The van der Waals surface area contributed by atoms with Gasteiger partial charge >= 0.3 is 0 Å². The predicted molar refractivity (Wildman–Crippen MR) is 63.7 cm³/mol. The molecule has 0 atom stereocenters. The lowest BCUT2D eigenvalue weighted by atomic mass is 10.1. The Balaban J connectivity index is 2.44. The zero-order valence-electron chi connectivity index (χ0n) is 8.29. The fourth-order valence-corrected chi connectivity index (χ4v) is 2.04. The number of rotatable bonds is 3. The molecule has 5 nitrogen and oxygen atoms in total. The maximum atomic E-state index is 11.9. The third kappa shape index (κ3) is 2.32. The van der Waals surface area contributed by atoms with Crippen LogP contribution in [0.5, 0.6) is 0 Å². The van der Waals surface area contributed by atoms with E-state index in [0.717, 1.165) is 6.07 Å². The smallest absolute Gasteiger partial charge is 0.286 e. The molecule has 0 unspecified atom stereocenters. The van der Waals surface area contributed by atoms with Crippen molar-refractivity contribution in [2.75, 3.05) is 0 Å². The first-order valence-corrected chi connectivity index (χ1v) is 5.73. The van der Waals surface area contributed by atoms with Gasteiger partial charge in [-0.2, -0.15) is 0 Å². The second-order valence-electron chi connectivity index (χ2n) is 3.09. The first kappa shape index (κ1) is 11.7. The fraction of sp³-hybridized carbons (Fsp3) is 0. The van der Waals surface area contributed by atoms with E-state index in [9.17, 15) is 14.9 Å². The van der Waals surface area contributed by atoms with Crippen molar-refractivity contribution in [1.82, 2.24) is 4.98 Å². The van der Waals surface area contributed by atoms with Gasteiger partial charge in [0, 0.05) is 23.2 Å². The summed E-state index contributed by atoms with van der Waals surface area (Å²) < 4.78 is 0. The van der Waals surface area contributed by atoms with Crippen molar-refractivity contribution in [2.45, 2.75) is 0 Å². The third-order valence-electron chi connectivity index (χ3n) is 2.03. The Labute approximate surface area is 105 Å². The Morgan fingerprint density at radius 3 is 2.82 bits per heavy atom. The highest BCUT2D eigenvalue weighted by atomic mass is 35.5. The third-order valence-corrected chi connectivity index (χ3v) is 3.12. The summed E-state index contributed by atoms with van der Waals surface area (Å²) in [7, 11) is 0. The molecule has 1 heterocycles. The lowest BCUT2D eigenvalue weighted by Gasteiger charge is -1.99. The molecule has 0 spiro atoms. The number of aromatic nitrogens is 1. The number of nitro benzene ring substituents is 1. The number of carbonyl (C=O) groups is 1. The number of carbonyl (C=O) groups excluding carboxylic acids is 1. The van der Waals surface area contributed by atoms with E-state index in [1.165, 1.54) is 29.7 Å². The zero-order chi connectivity index (χ0) is 12.4. The minimum Gasteiger partial charge on any atom is -0.286 e. The number of nitrogens with zero attached hydrogens (tertiary/aromatic N) is 2. The number of thiazole rings is 1. The van der Waals surface area contributed by atoms with Crippen LogP contribution in [0.1, 0.15) is 15.4 Å². The molecule has 0 aliphatic rings. The van der Waals surface area contributed by atoms with E-state index in [4.69, 9.17) is 11.6 Å². The summed E-state index contributed by atoms with van der Waals surface area (Å²) in [5, 5.41) is 12.6. The van der Waals surface area contributed by atoms with Crippen molar-refractivity contribution >= 4 is 34.4 Å². The number of hydrogen-bond donors (Lipinski definition) is 0. The first-order valence-electron chi connectivity index (χ1n) is 4.47. The van der Waals surface area contributed by atoms with E-state index in [1.807, 2.05) is 0 Å². The maximum Gasteiger partial charge on any atom is 0.288 e. The molecule has 0 aliphatic heterocycles. The molecule has 0 amide bonds. The van der Waals surface area contributed by atoms with Gasteiger partial charge in [-0.25, -0.2) is 4.98 Å².